The maximum atomic E-state index is 12.9. The van der Waals surface area contributed by atoms with E-state index in [0.717, 1.165) is 41.7 Å². The highest BCUT2D eigenvalue weighted by Crippen LogP contribution is 2.35. The number of unbranched alkanes of at least 4 members (excludes halogenated alkanes) is 1. The van der Waals surface area contributed by atoms with Crippen LogP contribution in [0.3, 0.4) is 0 Å². The Morgan fingerprint density at radius 2 is 1.36 bits per heavy atom. The Morgan fingerprint density at radius 1 is 0.787 bits per heavy atom. The molecule has 0 bridgehead atoms. The van der Waals surface area contributed by atoms with Gasteiger partial charge in [-0.1, -0.05) is 11.2 Å². The first kappa shape index (κ1) is 38.9. The number of allylic oxidation sites excluding steroid dienone is 1. The third kappa shape index (κ3) is 11.5. The lowest BCUT2D eigenvalue weighted by molar-refractivity contribution is -0.344. The van der Waals surface area contributed by atoms with Crippen molar-refractivity contribution in [2.45, 2.75) is 109 Å². The van der Waals surface area contributed by atoms with E-state index >= 15 is 0 Å². The molecule has 2 aliphatic heterocycles. The second kappa shape index (κ2) is 18.8. The van der Waals surface area contributed by atoms with Crippen LogP contribution in [0.25, 0.3) is 10.4 Å². The minimum absolute atomic E-state index is 0.0927. The van der Waals surface area contributed by atoms with Crippen LogP contribution in [0, 0.1) is 0 Å². The lowest BCUT2D eigenvalue weighted by atomic mass is 9.95. The van der Waals surface area contributed by atoms with Crippen molar-refractivity contribution >= 4 is 35.8 Å². The number of azide groups is 1. The predicted octanol–water partition coefficient (Wildman–Crippen LogP) is 0.946. The molecule has 2 rings (SSSR count). The van der Waals surface area contributed by atoms with E-state index in [1.54, 1.807) is 6.08 Å². The van der Waals surface area contributed by atoms with Crippen LogP contribution >= 0.6 is 0 Å². The van der Waals surface area contributed by atoms with Gasteiger partial charge in [0.15, 0.2) is 37.0 Å². The Balaban J connectivity index is 2.69. The SMILES string of the molecule is C=CCCCO[C@@H]1O[C@H](COC(C)=O)[C@@H](O[C@@H]2O[C@H](C(=O)OC)[C@@H](OC(C)=O)[C@H](OC(C)=O)[C@H]2OC(C)=O)[C@H](OC(C)=O)[C@H]1N=[N+]=[N-]. The van der Waals surface area contributed by atoms with E-state index in [2.05, 4.69) is 16.6 Å². The third-order valence-electron chi connectivity index (χ3n) is 6.51. The monoisotopic (exact) mass is 673 g/mol. The molecule has 0 aromatic rings. The minimum atomic E-state index is -1.87. The molecule has 2 fully saturated rings. The van der Waals surface area contributed by atoms with E-state index in [1.807, 2.05) is 0 Å². The highest BCUT2D eigenvalue weighted by molar-refractivity contribution is 5.77. The van der Waals surface area contributed by atoms with Gasteiger partial charge in [-0.3, -0.25) is 24.0 Å². The maximum absolute atomic E-state index is 12.9. The topological polar surface area (TPSA) is 243 Å². The zero-order valence-electron chi connectivity index (χ0n) is 26.8. The molecule has 10 atom stereocenters. The summed E-state index contributed by atoms with van der Waals surface area (Å²) in [6.07, 6.45) is -11.9. The fourth-order valence-corrected chi connectivity index (χ4v) is 4.81. The first-order chi connectivity index (χ1) is 22.2. The quantitative estimate of drug-likeness (QED) is 0.0446. The molecule has 19 nitrogen and oxygen atoms in total. The molecule has 0 spiro atoms. The van der Waals surface area contributed by atoms with E-state index in [-0.39, 0.29) is 6.61 Å². The number of carbonyl (C=O) groups excluding carboxylic acids is 6. The normalized spacial score (nSPS) is 30.0. The van der Waals surface area contributed by atoms with Gasteiger partial charge in [-0.05, 0) is 18.4 Å². The number of methoxy groups -OCH3 is 1. The number of ether oxygens (including phenoxy) is 10. The van der Waals surface area contributed by atoms with E-state index in [1.165, 1.54) is 0 Å². The van der Waals surface area contributed by atoms with Crippen LogP contribution in [0.5, 0.6) is 0 Å². The second-order valence-electron chi connectivity index (χ2n) is 10.2. The predicted molar refractivity (Wildman–Crippen MR) is 151 cm³/mol. The smallest absolute Gasteiger partial charge is 0.339 e. The van der Waals surface area contributed by atoms with Crippen molar-refractivity contribution < 1.29 is 76.1 Å². The summed E-state index contributed by atoms with van der Waals surface area (Å²) in [6.45, 7) is 8.42. The summed E-state index contributed by atoms with van der Waals surface area (Å²) in [5, 5.41) is 3.71. The first-order valence-electron chi connectivity index (χ1n) is 14.4. The van der Waals surface area contributed by atoms with Crippen molar-refractivity contribution in [3.8, 4) is 0 Å². The van der Waals surface area contributed by atoms with Gasteiger partial charge in [0.05, 0.1) is 13.7 Å². The van der Waals surface area contributed by atoms with E-state index in [9.17, 15) is 34.3 Å². The van der Waals surface area contributed by atoms with Gasteiger partial charge in [0.1, 0.15) is 31.0 Å². The lowest BCUT2D eigenvalue weighted by Crippen LogP contribution is -2.67. The number of hydrogen-bond donors (Lipinski definition) is 0. The molecule has 0 N–H and O–H groups in total. The van der Waals surface area contributed by atoms with Gasteiger partial charge in [0, 0.05) is 39.5 Å². The zero-order valence-corrected chi connectivity index (χ0v) is 26.8. The zero-order chi connectivity index (χ0) is 35.3. The summed E-state index contributed by atoms with van der Waals surface area (Å²) in [5.41, 5.74) is 9.39. The van der Waals surface area contributed by atoms with Crippen molar-refractivity contribution in [1.29, 1.82) is 0 Å². The average molecular weight is 674 g/mol. The number of hydrogen-bond acceptors (Lipinski definition) is 17. The summed E-state index contributed by atoms with van der Waals surface area (Å²) >= 11 is 0. The largest absolute Gasteiger partial charge is 0.467 e. The highest BCUT2D eigenvalue weighted by atomic mass is 16.8. The van der Waals surface area contributed by atoms with Crippen LogP contribution in [-0.2, 0) is 76.1 Å². The van der Waals surface area contributed by atoms with Crippen molar-refractivity contribution in [2.75, 3.05) is 20.3 Å². The van der Waals surface area contributed by atoms with Gasteiger partial charge in [0.25, 0.3) is 0 Å². The molecule has 47 heavy (non-hydrogen) atoms. The Bertz CT molecular complexity index is 1210. The first-order valence-corrected chi connectivity index (χ1v) is 14.4. The van der Waals surface area contributed by atoms with Gasteiger partial charge in [-0.15, -0.1) is 6.58 Å². The van der Waals surface area contributed by atoms with E-state index in [0.29, 0.717) is 12.8 Å². The summed E-state index contributed by atoms with van der Waals surface area (Å²) in [4.78, 5) is 76.3. The summed E-state index contributed by atoms with van der Waals surface area (Å²) in [5.74, 6) is -5.47. The molecule has 0 amide bonds. The van der Waals surface area contributed by atoms with Crippen LogP contribution in [0.4, 0.5) is 0 Å². The van der Waals surface area contributed by atoms with Crippen LogP contribution < -0.4 is 0 Å². The number of rotatable bonds is 15. The number of carbonyl (C=O) groups is 6. The Labute approximate surface area is 269 Å². The molecule has 2 aliphatic rings. The second-order valence-corrected chi connectivity index (χ2v) is 10.2. The van der Waals surface area contributed by atoms with Gasteiger partial charge >= 0.3 is 35.8 Å². The maximum Gasteiger partial charge on any atom is 0.339 e. The molecule has 2 saturated heterocycles. The Kier molecular flexibility index (Phi) is 15.5. The molecule has 19 heteroatoms. The van der Waals surface area contributed by atoms with Gasteiger partial charge in [-0.25, -0.2) is 4.79 Å². The fourth-order valence-electron chi connectivity index (χ4n) is 4.81. The van der Waals surface area contributed by atoms with Crippen LogP contribution in [-0.4, -0.2) is 117 Å². The molecule has 262 valence electrons. The van der Waals surface area contributed by atoms with Crippen LogP contribution in [0.15, 0.2) is 17.8 Å². The molecule has 0 saturated carbocycles. The minimum Gasteiger partial charge on any atom is -0.467 e. The Hall–Kier alpha value is -4.29. The highest BCUT2D eigenvalue weighted by Gasteiger charge is 2.58. The van der Waals surface area contributed by atoms with Crippen LogP contribution in [0.2, 0.25) is 0 Å². The third-order valence-corrected chi connectivity index (χ3v) is 6.51. The van der Waals surface area contributed by atoms with Gasteiger partial charge in [0.2, 0.25) is 0 Å². The summed E-state index contributed by atoms with van der Waals surface area (Å²) in [7, 11) is 1.01. The number of esters is 6. The van der Waals surface area contributed by atoms with Crippen molar-refractivity contribution in [3.05, 3.63) is 23.1 Å². The standard InChI is InChI=1S/C28H39N3O16/c1-8-9-10-11-39-27-19(30-31-29)21(41-14(3)33)20(18(45-27)12-40-13(2)32)46-28-25(44-17(6)36)23(43-16(5)35)22(42-15(4)34)24(47-28)26(37)38-7/h8,18-25,27-28H,1,9-12H2,2-7H3/t18-,19-,20-,21-,22+,23+,24+,25-,27-,28-/m1/s1. The molecular weight excluding hydrogens is 634 g/mol. The van der Waals surface area contributed by atoms with E-state index in [4.69, 9.17) is 47.4 Å². The fraction of sp³-hybridized carbons (Fsp3) is 0.714. The number of nitrogens with zero attached hydrogens (tertiary/aromatic N) is 3. The Morgan fingerprint density at radius 3 is 1.89 bits per heavy atom. The molecule has 0 aromatic carbocycles. The van der Waals surface area contributed by atoms with E-state index < -0.39 is 104 Å². The molecule has 2 heterocycles. The molecule has 0 unspecified atom stereocenters. The molecule has 0 radical (unpaired) electrons. The average Bonchev–Trinajstić information content (AvgIpc) is 2.98. The molecular formula is C28H39N3O16. The van der Waals surface area contributed by atoms with Crippen molar-refractivity contribution in [1.82, 2.24) is 0 Å². The lowest BCUT2D eigenvalue weighted by Gasteiger charge is -2.48. The van der Waals surface area contributed by atoms with Crippen molar-refractivity contribution in [3.63, 3.8) is 0 Å². The molecule has 0 aliphatic carbocycles. The molecule has 0 aromatic heterocycles. The summed E-state index contributed by atoms with van der Waals surface area (Å²) < 4.78 is 55.3. The van der Waals surface area contributed by atoms with Gasteiger partial charge in [-0.2, -0.15) is 0 Å². The van der Waals surface area contributed by atoms with Crippen molar-refractivity contribution in [2.24, 2.45) is 5.11 Å². The van der Waals surface area contributed by atoms with Gasteiger partial charge < -0.3 is 47.4 Å². The summed E-state index contributed by atoms with van der Waals surface area (Å²) in [6, 6.07) is -1.41. The van der Waals surface area contributed by atoms with Crippen LogP contribution in [0.1, 0.15) is 47.5 Å².